The molecule has 0 heterocycles. The number of hydrogen-bond acceptors (Lipinski definition) is 3. The van der Waals surface area contributed by atoms with Gasteiger partial charge < -0.3 is 5.32 Å². The van der Waals surface area contributed by atoms with Gasteiger partial charge in [-0.2, -0.15) is 0 Å². The van der Waals surface area contributed by atoms with Gasteiger partial charge in [-0.1, -0.05) is 6.07 Å². The smallest absolute Gasteiger partial charge is 0.249 e. The molecule has 0 aliphatic rings. The number of nitro groups is 1. The van der Waals surface area contributed by atoms with Crippen LogP contribution in [0.4, 0.5) is 8.78 Å². The Hall–Kier alpha value is -1.98. The van der Waals surface area contributed by atoms with Crippen LogP contribution in [0, 0.1) is 21.7 Å². The van der Waals surface area contributed by atoms with E-state index in [0.717, 1.165) is 18.3 Å². The Balaban J connectivity index is 2.37. The first-order valence-electron chi connectivity index (χ1n) is 4.57. The summed E-state index contributed by atoms with van der Waals surface area (Å²) in [6.45, 7) is 0.412. The van der Waals surface area contributed by atoms with E-state index in [1.54, 1.807) is 0 Å². The maximum absolute atomic E-state index is 12.8. The zero-order chi connectivity index (χ0) is 12.0. The third kappa shape index (κ3) is 4.04. The first-order chi connectivity index (χ1) is 7.59. The molecule has 0 aliphatic carbocycles. The van der Waals surface area contributed by atoms with Crippen molar-refractivity contribution < 1.29 is 13.7 Å². The summed E-state index contributed by atoms with van der Waals surface area (Å²) in [6, 6.07) is 3.63. The summed E-state index contributed by atoms with van der Waals surface area (Å²) < 4.78 is 25.3. The lowest BCUT2D eigenvalue weighted by atomic mass is 10.1. The molecule has 4 nitrogen and oxygen atoms in total. The number of benzene rings is 1. The molecule has 6 heteroatoms. The van der Waals surface area contributed by atoms with Gasteiger partial charge in [-0.25, -0.2) is 8.78 Å². The Bertz CT molecular complexity index is 408. The van der Waals surface area contributed by atoms with Crippen molar-refractivity contribution >= 4 is 0 Å². The Morgan fingerprint density at radius 3 is 2.75 bits per heavy atom. The largest absolute Gasteiger partial charge is 0.386 e. The van der Waals surface area contributed by atoms with Gasteiger partial charge in [0.15, 0.2) is 11.6 Å². The standard InChI is InChI=1S/C10H10F2N2O2/c11-9-2-1-8(7-10(9)12)3-4-13-5-6-14(15)16/h1-2,5-7,13H,3-4H2. The van der Waals surface area contributed by atoms with Gasteiger partial charge in [0.05, 0.1) is 11.1 Å². The molecule has 86 valence electrons. The molecule has 0 aliphatic heterocycles. The van der Waals surface area contributed by atoms with E-state index in [1.807, 2.05) is 0 Å². The molecule has 0 amide bonds. The van der Waals surface area contributed by atoms with Crippen molar-refractivity contribution in [1.82, 2.24) is 5.32 Å². The summed E-state index contributed by atoms with van der Waals surface area (Å²) in [7, 11) is 0. The number of halogens is 2. The molecular formula is C10H10F2N2O2. The topological polar surface area (TPSA) is 55.2 Å². The summed E-state index contributed by atoms with van der Waals surface area (Å²) in [4.78, 5) is 9.31. The van der Waals surface area contributed by atoms with E-state index in [2.05, 4.69) is 5.32 Å². The molecule has 0 atom stereocenters. The lowest BCUT2D eigenvalue weighted by molar-refractivity contribution is -0.402. The predicted molar refractivity (Wildman–Crippen MR) is 54.2 cm³/mol. The lowest BCUT2D eigenvalue weighted by Gasteiger charge is -2.01. The molecule has 1 N–H and O–H groups in total. The van der Waals surface area contributed by atoms with Crippen molar-refractivity contribution in [2.45, 2.75) is 6.42 Å². The van der Waals surface area contributed by atoms with Gasteiger partial charge in [-0.05, 0) is 24.1 Å². The van der Waals surface area contributed by atoms with Crippen LogP contribution in [0.2, 0.25) is 0 Å². The average Bonchev–Trinajstić information content (AvgIpc) is 2.22. The minimum atomic E-state index is -0.890. The van der Waals surface area contributed by atoms with Gasteiger partial charge in [0, 0.05) is 6.54 Å². The third-order valence-electron chi connectivity index (χ3n) is 1.86. The molecule has 1 aromatic rings. The highest BCUT2D eigenvalue weighted by molar-refractivity contribution is 5.18. The van der Waals surface area contributed by atoms with E-state index in [9.17, 15) is 18.9 Å². The van der Waals surface area contributed by atoms with Crippen molar-refractivity contribution in [3.63, 3.8) is 0 Å². The minimum absolute atomic E-state index is 0.412. The minimum Gasteiger partial charge on any atom is -0.386 e. The third-order valence-corrected chi connectivity index (χ3v) is 1.86. The average molecular weight is 228 g/mol. The van der Waals surface area contributed by atoms with Gasteiger partial charge in [-0.15, -0.1) is 0 Å². The molecular weight excluding hydrogens is 218 g/mol. The van der Waals surface area contributed by atoms with Gasteiger partial charge in [0.2, 0.25) is 6.20 Å². The van der Waals surface area contributed by atoms with E-state index in [4.69, 9.17) is 0 Å². The van der Waals surface area contributed by atoms with Crippen LogP contribution in [-0.2, 0) is 6.42 Å². The molecule has 0 radical (unpaired) electrons. The fourth-order valence-corrected chi connectivity index (χ4v) is 1.11. The molecule has 0 saturated heterocycles. The van der Waals surface area contributed by atoms with Crippen LogP contribution in [0.3, 0.4) is 0 Å². The Kier molecular flexibility index (Phi) is 4.38. The van der Waals surface area contributed by atoms with Crippen LogP contribution in [0.5, 0.6) is 0 Å². The van der Waals surface area contributed by atoms with E-state index in [-0.39, 0.29) is 0 Å². The van der Waals surface area contributed by atoms with Crippen molar-refractivity contribution in [3.8, 4) is 0 Å². The zero-order valence-corrected chi connectivity index (χ0v) is 8.32. The molecule has 0 fully saturated rings. The second-order valence-electron chi connectivity index (χ2n) is 3.05. The van der Waals surface area contributed by atoms with E-state index in [1.165, 1.54) is 12.3 Å². The highest BCUT2D eigenvalue weighted by Gasteiger charge is 2.01. The molecule has 0 saturated carbocycles. The van der Waals surface area contributed by atoms with Crippen LogP contribution in [0.15, 0.2) is 30.6 Å². The number of nitrogens with zero attached hydrogens (tertiary/aromatic N) is 1. The summed E-state index contributed by atoms with van der Waals surface area (Å²) >= 11 is 0. The van der Waals surface area contributed by atoms with Crippen LogP contribution in [-0.4, -0.2) is 11.5 Å². The molecule has 0 spiro atoms. The van der Waals surface area contributed by atoms with Gasteiger partial charge in [0.1, 0.15) is 0 Å². The SMILES string of the molecule is O=[N+]([O-])C=CNCCc1ccc(F)c(F)c1. The molecule has 0 bridgehead atoms. The normalized spacial score (nSPS) is 10.6. The van der Waals surface area contributed by atoms with Crippen molar-refractivity contribution in [2.24, 2.45) is 0 Å². The van der Waals surface area contributed by atoms with Crippen LogP contribution >= 0.6 is 0 Å². The zero-order valence-electron chi connectivity index (χ0n) is 8.32. The number of rotatable bonds is 5. The number of nitrogens with one attached hydrogen (secondary N) is 1. The molecule has 0 aromatic heterocycles. The maximum atomic E-state index is 12.8. The second kappa shape index (κ2) is 5.79. The first kappa shape index (κ1) is 12.1. The molecule has 0 unspecified atom stereocenters. The summed E-state index contributed by atoms with van der Waals surface area (Å²) in [6.07, 6.45) is 2.42. The highest BCUT2D eigenvalue weighted by Crippen LogP contribution is 2.08. The Morgan fingerprint density at radius 1 is 1.38 bits per heavy atom. The predicted octanol–water partition coefficient (Wildman–Crippen LogP) is 1.84. The molecule has 1 rings (SSSR count). The van der Waals surface area contributed by atoms with Crippen molar-refractivity contribution in [2.75, 3.05) is 6.54 Å². The fraction of sp³-hybridized carbons (Fsp3) is 0.200. The van der Waals surface area contributed by atoms with Crippen molar-refractivity contribution in [1.29, 1.82) is 0 Å². The highest BCUT2D eigenvalue weighted by atomic mass is 19.2. The van der Waals surface area contributed by atoms with Gasteiger partial charge in [0.25, 0.3) is 0 Å². The number of hydrogen-bond donors (Lipinski definition) is 1. The fourth-order valence-electron chi connectivity index (χ4n) is 1.11. The summed E-state index contributed by atoms with van der Waals surface area (Å²) in [5.74, 6) is -1.77. The van der Waals surface area contributed by atoms with Crippen LogP contribution in [0.1, 0.15) is 5.56 Å². The Morgan fingerprint density at radius 2 is 2.12 bits per heavy atom. The maximum Gasteiger partial charge on any atom is 0.249 e. The molecule has 16 heavy (non-hydrogen) atoms. The van der Waals surface area contributed by atoms with Crippen LogP contribution in [0.25, 0.3) is 0 Å². The van der Waals surface area contributed by atoms with Crippen molar-refractivity contribution in [3.05, 3.63) is 57.9 Å². The monoisotopic (exact) mass is 228 g/mol. The van der Waals surface area contributed by atoms with E-state index < -0.39 is 16.6 Å². The Labute approximate surface area is 90.7 Å². The summed E-state index contributed by atoms with van der Waals surface area (Å²) in [5.41, 5.74) is 0.626. The lowest BCUT2D eigenvalue weighted by Crippen LogP contribution is -2.10. The quantitative estimate of drug-likeness (QED) is 0.475. The van der Waals surface area contributed by atoms with E-state index >= 15 is 0 Å². The van der Waals surface area contributed by atoms with E-state index in [0.29, 0.717) is 18.5 Å². The van der Waals surface area contributed by atoms with Gasteiger partial charge in [-0.3, -0.25) is 10.1 Å². The second-order valence-corrected chi connectivity index (χ2v) is 3.05. The van der Waals surface area contributed by atoms with Gasteiger partial charge >= 0.3 is 0 Å². The van der Waals surface area contributed by atoms with Crippen LogP contribution < -0.4 is 5.32 Å². The molecule has 1 aromatic carbocycles. The summed E-state index contributed by atoms with van der Waals surface area (Å²) in [5, 5.41) is 12.6. The first-order valence-corrected chi connectivity index (χ1v) is 4.57.